The van der Waals surface area contributed by atoms with Gasteiger partial charge in [-0.05, 0) is 43.5 Å². The first-order valence-electron chi connectivity index (χ1n) is 11.7. The molecule has 1 heterocycles. The topological polar surface area (TPSA) is 68.3 Å². The van der Waals surface area contributed by atoms with Crippen LogP contribution >= 0.6 is 0 Å². The summed E-state index contributed by atoms with van der Waals surface area (Å²) in [5, 5.41) is 2.14. The van der Waals surface area contributed by atoms with Crippen molar-refractivity contribution in [3.05, 3.63) is 71.8 Å². The van der Waals surface area contributed by atoms with Crippen molar-refractivity contribution < 1.29 is 23.8 Å². The van der Waals surface area contributed by atoms with Crippen molar-refractivity contribution in [2.75, 3.05) is 39.4 Å². The number of hydrogen-bond acceptors (Lipinski definition) is 5. The van der Waals surface area contributed by atoms with Crippen molar-refractivity contribution in [1.29, 1.82) is 0 Å². The van der Waals surface area contributed by atoms with Gasteiger partial charge in [-0.3, -0.25) is 4.79 Å². The minimum Gasteiger partial charge on any atom is -0.493 e. The molecule has 0 N–H and O–H groups in total. The van der Waals surface area contributed by atoms with Crippen LogP contribution in [0, 0.1) is 0 Å². The molecule has 0 saturated carbocycles. The molecule has 2 amide bonds. The molecule has 0 atom stereocenters. The van der Waals surface area contributed by atoms with Gasteiger partial charge in [0.25, 0.3) is 5.91 Å². The molecule has 0 spiro atoms. The highest BCUT2D eigenvalue weighted by atomic mass is 16.6. The average Bonchev–Trinajstić information content (AvgIpc) is 2.88. The van der Waals surface area contributed by atoms with E-state index in [9.17, 15) is 9.59 Å². The molecule has 1 aliphatic rings. The molecule has 1 aliphatic heterocycles. The van der Waals surface area contributed by atoms with Crippen molar-refractivity contribution in [3.8, 4) is 11.5 Å². The van der Waals surface area contributed by atoms with Crippen LogP contribution in [0.1, 0.15) is 29.8 Å². The van der Waals surface area contributed by atoms with Gasteiger partial charge in [0.1, 0.15) is 18.1 Å². The molecular weight excluding hydrogens is 432 g/mol. The van der Waals surface area contributed by atoms with Gasteiger partial charge < -0.3 is 24.0 Å². The summed E-state index contributed by atoms with van der Waals surface area (Å²) >= 11 is 0. The summed E-state index contributed by atoms with van der Waals surface area (Å²) in [5.41, 5.74) is 1.38. The van der Waals surface area contributed by atoms with Gasteiger partial charge in [-0.25, -0.2) is 4.79 Å². The minimum absolute atomic E-state index is 0.0713. The molecule has 34 heavy (non-hydrogen) atoms. The van der Waals surface area contributed by atoms with Crippen LogP contribution in [0.5, 0.6) is 11.5 Å². The maximum absolute atomic E-state index is 13.2. The number of rotatable bonds is 7. The number of carbonyl (C=O) groups excluding carboxylic acids is 2. The number of piperazine rings is 1. The van der Waals surface area contributed by atoms with E-state index >= 15 is 0 Å². The Kier molecular flexibility index (Phi) is 7.52. The monoisotopic (exact) mass is 462 g/mol. The molecule has 0 aliphatic carbocycles. The zero-order valence-corrected chi connectivity index (χ0v) is 19.7. The summed E-state index contributed by atoms with van der Waals surface area (Å²) < 4.78 is 17.0. The molecule has 7 heteroatoms. The first-order valence-corrected chi connectivity index (χ1v) is 11.7. The number of amides is 2. The predicted molar refractivity (Wildman–Crippen MR) is 130 cm³/mol. The van der Waals surface area contributed by atoms with Crippen LogP contribution in [0.4, 0.5) is 4.79 Å². The van der Waals surface area contributed by atoms with Crippen LogP contribution < -0.4 is 9.47 Å². The van der Waals surface area contributed by atoms with Crippen LogP contribution in [0.3, 0.4) is 0 Å². The molecule has 3 aromatic carbocycles. The molecule has 0 radical (unpaired) electrons. The number of nitrogens with zero attached hydrogens (tertiary/aromatic N) is 2. The van der Waals surface area contributed by atoms with Gasteiger partial charge >= 0.3 is 6.09 Å². The lowest BCUT2D eigenvalue weighted by atomic mass is 10.1. The van der Waals surface area contributed by atoms with E-state index in [1.54, 1.807) is 22.8 Å². The number of ether oxygens (including phenoxy) is 3. The van der Waals surface area contributed by atoms with E-state index < -0.39 is 0 Å². The number of carbonyl (C=O) groups is 2. The van der Waals surface area contributed by atoms with E-state index in [-0.39, 0.29) is 18.6 Å². The van der Waals surface area contributed by atoms with Crippen molar-refractivity contribution >= 4 is 22.8 Å². The van der Waals surface area contributed by atoms with E-state index in [0.29, 0.717) is 50.7 Å². The highest BCUT2D eigenvalue weighted by Gasteiger charge is 2.26. The fraction of sp³-hybridized carbons (Fsp3) is 0.333. The fourth-order valence-corrected chi connectivity index (χ4v) is 4.09. The third kappa shape index (κ3) is 5.25. The lowest BCUT2D eigenvalue weighted by molar-refractivity contribution is 0.0570. The summed E-state index contributed by atoms with van der Waals surface area (Å²) in [4.78, 5) is 28.5. The fourth-order valence-electron chi connectivity index (χ4n) is 4.09. The van der Waals surface area contributed by atoms with Gasteiger partial charge in [-0.2, -0.15) is 0 Å². The normalized spacial score (nSPS) is 13.6. The highest BCUT2D eigenvalue weighted by molar-refractivity contribution is 5.95. The second-order valence-corrected chi connectivity index (χ2v) is 8.00. The Hall–Kier alpha value is -3.74. The molecule has 178 valence electrons. The van der Waals surface area contributed by atoms with Gasteiger partial charge in [0.15, 0.2) is 0 Å². The van der Waals surface area contributed by atoms with E-state index in [0.717, 1.165) is 22.1 Å². The van der Waals surface area contributed by atoms with Crippen molar-refractivity contribution in [1.82, 2.24) is 9.80 Å². The predicted octanol–water partition coefficient (Wildman–Crippen LogP) is 4.73. The second-order valence-electron chi connectivity index (χ2n) is 8.00. The molecule has 7 nitrogen and oxygen atoms in total. The van der Waals surface area contributed by atoms with Crippen molar-refractivity contribution in [3.63, 3.8) is 0 Å². The molecular formula is C27H30N2O5. The smallest absolute Gasteiger partial charge is 0.409 e. The van der Waals surface area contributed by atoms with Crippen LogP contribution in [0.15, 0.2) is 60.7 Å². The maximum Gasteiger partial charge on any atom is 0.409 e. The van der Waals surface area contributed by atoms with Crippen LogP contribution in [0.25, 0.3) is 10.8 Å². The lowest BCUT2D eigenvalue weighted by Gasteiger charge is -2.34. The van der Waals surface area contributed by atoms with Gasteiger partial charge in [0.05, 0.1) is 13.2 Å². The zero-order valence-electron chi connectivity index (χ0n) is 19.7. The van der Waals surface area contributed by atoms with E-state index in [1.807, 2.05) is 49.4 Å². The Labute approximate surface area is 199 Å². The van der Waals surface area contributed by atoms with E-state index in [1.165, 1.54) is 0 Å². The molecule has 0 bridgehead atoms. The Bertz CT molecular complexity index is 1150. The molecule has 4 rings (SSSR count). The van der Waals surface area contributed by atoms with Crippen LogP contribution in [0.2, 0.25) is 0 Å². The molecule has 0 unspecified atom stereocenters. The minimum atomic E-state index is -0.330. The first kappa shape index (κ1) is 23.4. The highest BCUT2D eigenvalue weighted by Crippen LogP contribution is 2.28. The zero-order chi connectivity index (χ0) is 23.9. The van der Waals surface area contributed by atoms with Crippen molar-refractivity contribution in [2.24, 2.45) is 0 Å². The van der Waals surface area contributed by atoms with Gasteiger partial charge in [0, 0.05) is 42.7 Å². The third-order valence-corrected chi connectivity index (χ3v) is 5.83. The maximum atomic E-state index is 13.2. The van der Waals surface area contributed by atoms with E-state index in [4.69, 9.17) is 14.2 Å². The van der Waals surface area contributed by atoms with Crippen LogP contribution in [-0.2, 0) is 11.3 Å². The van der Waals surface area contributed by atoms with Crippen LogP contribution in [-0.4, -0.2) is 61.2 Å². The first-order chi connectivity index (χ1) is 16.6. The van der Waals surface area contributed by atoms with Crippen molar-refractivity contribution in [2.45, 2.75) is 20.5 Å². The lowest BCUT2D eigenvalue weighted by Crippen LogP contribution is -2.50. The largest absolute Gasteiger partial charge is 0.493 e. The summed E-state index contributed by atoms with van der Waals surface area (Å²) in [6.07, 6.45) is -0.330. The summed E-state index contributed by atoms with van der Waals surface area (Å²) in [7, 11) is 0. The Balaban J connectivity index is 1.48. The Morgan fingerprint density at radius 1 is 0.794 bits per heavy atom. The molecule has 3 aromatic rings. The van der Waals surface area contributed by atoms with Gasteiger partial charge in [-0.15, -0.1) is 0 Å². The van der Waals surface area contributed by atoms with Gasteiger partial charge in [-0.1, -0.05) is 36.4 Å². The second kappa shape index (κ2) is 10.9. The standard InChI is InChI=1S/C27H30N2O5/c1-3-32-24-13-12-21(26(30)28-14-16-29(17-15-28)27(31)33-4-2)18-22(24)19-34-25-11-7-9-20-8-5-6-10-23(20)25/h5-13,18H,3-4,14-17,19H2,1-2H3. The average molecular weight is 463 g/mol. The number of fused-ring (bicyclic) bond motifs is 1. The summed E-state index contributed by atoms with van der Waals surface area (Å²) in [6, 6.07) is 19.5. The van der Waals surface area contributed by atoms with E-state index in [2.05, 4.69) is 12.1 Å². The Morgan fingerprint density at radius 2 is 1.53 bits per heavy atom. The molecule has 0 aromatic heterocycles. The third-order valence-electron chi connectivity index (χ3n) is 5.83. The molecule has 1 fully saturated rings. The Morgan fingerprint density at radius 3 is 2.29 bits per heavy atom. The molecule has 1 saturated heterocycles. The quantitative estimate of drug-likeness (QED) is 0.508. The van der Waals surface area contributed by atoms with Gasteiger partial charge in [0.2, 0.25) is 0 Å². The number of benzene rings is 3. The SMILES string of the molecule is CCOC(=O)N1CCN(C(=O)c2ccc(OCC)c(COc3cccc4ccccc34)c2)CC1. The summed E-state index contributed by atoms with van der Waals surface area (Å²) in [5.74, 6) is 1.41. The summed E-state index contributed by atoms with van der Waals surface area (Å²) in [6.45, 7) is 6.69. The number of hydrogen-bond donors (Lipinski definition) is 0.